The maximum Gasteiger partial charge on any atom is 0.107 e. The van der Waals surface area contributed by atoms with Gasteiger partial charge in [0.1, 0.15) is 12.7 Å². The smallest absolute Gasteiger partial charge is 0.107 e. The van der Waals surface area contributed by atoms with E-state index in [1.165, 1.54) is 0 Å². The first kappa shape index (κ1) is 8.58. The highest BCUT2D eigenvalue weighted by Gasteiger charge is 2.35. The molecule has 0 radical (unpaired) electrons. The van der Waals surface area contributed by atoms with Crippen molar-refractivity contribution < 1.29 is 9.47 Å². The zero-order valence-electron chi connectivity index (χ0n) is 7.04. The second-order valence-corrected chi connectivity index (χ2v) is 3.10. The largest absolute Gasteiger partial charge is 0.370 e. The summed E-state index contributed by atoms with van der Waals surface area (Å²) in [5, 5.41) is 0. The highest BCUT2D eigenvalue weighted by atomic mass is 16.6. The van der Waals surface area contributed by atoms with Gasteiger partial charge < -0.3 is 9.47 Å². The van der Waals surface area contributed by atoms with Crippen molar-refractivity contribution in [1.29, 1.82) is 0 Å². The lowest BCUT2D eigenvalue weighted by molar-refractivity contribution is 0.0226. The second-order valence-electron chi connectivity index (χ2n) is 3.10. The van der Waals surface area contributed by atoms with E-state index in [-0.39, 0.29) is 6.10 Å². The molecule has 1 rings (SSSR count). The van der Waals surface area contributed by atoms with Gasteiger partial charge in [0, 0.05) is 0 Å². The average Bonchev–Trinajstić information content (AvgIpc) is 2.71. The summed E-state index contributed by atoms with van der Waals surface area (Å²) in [6, 6.07) is 0. The molecular weight excluding hydrogens is 140 g/mol. The average molecular weight is 154 g/mol. The third kappa shape index (κ3) is 2.53. The van der Waals surface area contributed by atoms with Crippen LogP contribution in [-0.4, -0.2) is 25.4 Å². The van der Waals surface area contributed by atoms with Gasteiger partial charge >= 0.3 is 0 Å². The lowest BCUT2D eigenvalue weighted by Gasteiger charge is -2.17. The summed E-state index contributed by atoms with van der Waals surface area (Å²) in [7, 11) is 0. The highest BCUT2D eigenvalue weighted by Crippen LogP contribution is 2.22. The van der Waals surface area contributed by atoms with Crippen LogP contribution in [0.25, 0.3) is 0 Å². The van der Waals surface area contributed by atoms with Crippen molar-refractivity contribution in [2.75, 3.05) is 13.2 Å². The van der Waals surface area contributed by atoms with Gasteiger partial charge in [0.15, 0.2) is 0 Å². The first-order valence-electron chi connectivity index (χ1n) is 3.92. The van der Waals surface area contributed by atoms with Crippen LogP contribution in [0.1, 0.15) is 13.8 Å². The van der Waals surface area contributed by atoms with E-state index in [4.69, 9.17) is 15.9 Å². The predicted molar refractivity (Wildman–Crippen MR) is 43.2 cm³/mol. The van der Waals surface area contributed by atoms with Crippen LogP contribution in [0.3, 0.4) is 0 Å². The number of hydrogen-bond donors (Lipinski definition) is 0. The molecule has 0 aromatic rings. The van der Waals surface area contributed by atoms with Crippen LogP contribution in [0.15, 0.2) is 0 Å². The van der Waals surface area contributed by atoms with Crippen LogP contribution in [0, 0.1) is 18.3 Å². The van der Waals surface area contributed by atoms with E-state index in [1.807, 2.05) is 0 Å². The minimum atomic E-state index is 0.186. The Kier molecular flexibility index (Phi) is 2.92. The van der Waals surface area contributed by atoms with E-state index in [2.05, 4.69) is 19.8 Å². The standard InChI is InChI=1S/C9H14O2/c1-4-5-10-9(7(2)3)8-6-11-8/h1,7-9H,5-6H2,2-3H3. The summed E-state index contributed by atoms with van der Waals surface area (Å²) in [5.74, 6) is 2.94. The molecule has 1 heterocycles. The molecule has 2 unspecified atom stereocenters. The molecule has 1 fully saturated rings. The Morgan fingerprint density at radius 1 is 1.73 bits per heavy atom. The second kappa shape index (κ2) is 3.75. The fourth-order valence-corrected chi connectivity index (χ4v) is 1.12. The van der Waals surface area contributed by atoms with E-state index in [9.17, 15) is 0 Å². The van der Waals surface area contributed by atoms with Crippen LogP contribution in [0.2, 0.25) is 0 Å². The molecule has 1 aliphatic rings. The zero-order valence-corrected chi connectivity index (χ0v) is 7.04. The van der Waals surface area contributed by atoms with Crippen molar-refractivity contribution in [3.8, 4) is 12.3 Å². The van der Waals surface area contributed by atoms with Crippen molar-refractivity contribution in [2.24, 2.45) is 5.92 Å². The van der Waals surface area contributed by atoms with Crippen LogP contribution in [0.4, 0.5) is 0 Å². The van der Waals surface area contributed by atoms with Crippen LogP contribution in [0.5, 0.6) is 0 Å². The van der Waals surface area contributed by atoms with Gasteiger partial charge in [-0.2, -0.15) is 0 Å². The van der Waals surface area contributed by atoms with E-state index in [1.54, 1.807) is 0 Å². The molecule has 62 valence electrons. The minimum absolute atomic E-state index is 0.186. The molecule has 0 aromatic heterocycles. The Morgan fingerprint density at radius 2 is 2.36 bits per heavy atom. The lowest BCUT2D eigenvalue weighted by Crippen LogP contribution is -2.26. The molecule has 2 atom stereocenters. The molecule has 0 aliphatic carbocycles. The van der Waals surface area contributed by atoms with Crippen LogP contribution in [-0.2, 0) is 9.47 Å². The SMILES string of the molecule is C#CCOC(C(C)C)C1CO1. The van der Waals surface area contributed by atoms with Crippen LogP contribution >= 0.6 is 0 Å². The lowest BCUT2D eigenvalue weighted by atomic mass is 10.1. The molecule has 1 saturated heterocycles. The fraction of sp³-hybridized carbons (Fsp3) is 0.778. The molecule has 2 nitrogen and oxygen atoms in total. The number of epoxide rings is 1. The van der Waals surface area contributed by atoms with Crippen molar-refractivity contribution in [2.45, 2.75) is 26.1 Å². The summed E-state index contributed by atoms with van der Waals surface area (Å²) in [6.45, 7) is 5.45. The third-order valence-electron chi connectivity index (χ3n) is 1.74. The molecule has 0 bridgehead atoms. The Hall–Kier alpha value is -0.520. The molecule has 1 aliphatic heterocycles. The van der Waals surface area contributed by atoms with Gasteiger partial charge in [-0.1, -0.05) is 19.8 Å². The highest BCUT2D eigenvalue weighted by molar-refractivity contribution is 4.87. The van der Waals surface area contributed by atoms with E-state index in [0.717, 1.165) is 6.61 Å². The Balaban J connectivity index is 2.28. The topological polar surface area (TPSA) is 21.8 Å². The number of hydrogen-bond acceptors (Lipinski definition) is 2. The maximum atomic E-state index is 5.42. The van der Waals surface area contributed by atoms with Gasteiger partial charge in [0.05, 0.1) is 12.7 Å². The zero-order chi connectivity index (χ0) is 8.27. The predicted octanol–water partition coefficient (Wildman–Crippen LogP) is 1.06. The molecule has 0 N–H and O–H groups in total. The summed E-state index contributed by atoms with van der Waals surface area (Å²) < 4.78 is 10.6. The van der Waals surface area contributed by atoms with Crippen molar-refractivity contribution >= 4 is 0 Å². The Morgan fingerprint density at radius 3 is 2.73 bits per heavy atom. The number of rotatable bonds is 4. The van der Waals surface area contributed by atoms with Gasteiger partial charge in [0.2, 0.25) is 0 Å². The summed E-state index contributed by atoms with van der Waals surface area (Å²) in [4.78, 5) is 0. The molecule has 11 heavy (non-hydrogen) atoms. The van der Waals surface area contributed by atoms with E-state index >= 15 is 0 Å². The fourth-order valence-electron chi connectivity index (χ4n) is 1.12. The summed E-state index contributed by atoms with van der Waals surface area (Å²) in [5.41, 5.74) is 0. The van der Waals surface area contributed by atoms with Gasteiger partial charge in [-0.25, -0.2) is 0 Å². The van der Waals surface area contributed by atoms with Crippen molar-refractivity contribution in [3.05, 3.63) is 0 Å². The molecule has 2 heteroatoms. The first-order valence-corrected chi connectivity index (χ1v) is 3.92. The van der Waals surface area contributed by atoms with Gasteiger partial charge in [0.25, 0.3) is 0 Å². The monoisotopic (exact) mass is 154 g/mol. The van der Waals surface area contributed by atoms with Gasteiger partial charge in [-0.3, -0.25) is 0 Å². The molecule has 0 amide bonds. The van der Waals surface area contributed by atoms with Crippen molar-refractivity contribution in [3.63, 3.8) is 0 Å². The van der Waals surface area contributed by atoms with Gasteiger partial charge in [-0.05, 0) is 5.92 Å². The van der Waals surface area contributed by atoms with Gasteiger partial charge in [-0.15, -0.1) is 6.42 Å². The number of ether oxygens (including phenoxy) is 2. The van der Waals surface area contributed by atoms with E-state index < -0.39 is 0 Å². The quantitative estimate of drug-likeness (QED) is 0.446. The first-order chi connectivity index (χ1) is 5.25. The molecule has 0 spiro atoms. The summed E-state index contributed by atoms with van der Waals surface area (Å²) in [6.07, 6.45) is 5.56. The number of terminal acetylenes is 1. The minimum Gasteiger partial charge on any atom is -0.370 e. The maximum absolute atomic E-state index is 5.42. The molecular formula is C9H14O2. The normalized spacial score (nSPS) is 24.7. The molecule has 0 aromatic carbocycles. The van der Waals surface area contributed by atoms with Crippen LogP contribution < -0.4 is 0 Å². The third-order valence-corrected chi connectivity index (χ3v) is 1.74. The summed E-state index contributed by atoms with van der Waals surface area (Å²) >= 11 is 0. The van der Waals surface area contributed by atoms with Crippen molar-refractivity contribution in [1.82, 2.24) is 0 Å². The Bertz CT molecular complexity index is 151. The Labute approximate surface area is 67.9 Å². The van der Waals surface area contributed by atoms with E-state index in [0.29, 0.717) is 18.6 Å². The molecule has 0 saturated carbocycles.